The van der Waals surface area contributed by atoms with Crippen LogP contribution in [-0.2, 0) is 4.79 Å². The van der Waals surface area contributed by atoms with Gasteiger partial charge in [0.2, 0.25) is 5.91 Å². The summed E-state index contributed by atoms with van der Waals surface area (Å²) in [7, 11) is 0. The van der Waals surface area contributed by atoms with Gasteiger partial charge in [0.1, 0.15) is 5.52 Å². The molecule has 0 radical (unpaired) electrons. The third-order valence-corrected chi connectivity index (χ3v) is 4.28. The zero-order valence-electron chi connectivity index (χ0n) is 13.1. The Bertz CT molecular complexity index is 550. The minimum atomic E-state index is 0.0424. The summed E-state index contributed by atoms with van der Waals surface area (Å²) >= 11 is 1.34. The van der Waals surface area contributed by atoms with E-state index in [0.29, 0.717) is 11.0 Å². The molecule has 2 aromatic rings. The van der Waals surface area contributed by atoms with Crippen LogP contribution >= 0.6 is 11.8 Å². The normalized spacial score (nSPS) is 11.0. The first-order valence-corrected chi connectivity index (χ1v) is 9.03. The minimum absolute atomic E-state index is 0.0424. The fourth-order valence-electron chi connectivity index (χ4n) is 2.22. The number of hydrogen-bond acceptors (Lipinski definition) is 4. The summed E-state index contributed by atoms with van der Waals surface area (Å²) in [4.78, 5) is 16.1. The second kappa shape index (κ2) is 9.51. The average molecular weight is 320 g/mol. The first-order chi connectivity index (χ1) is 10.8. The van der Waals surface area contributed by atoms with Crippen LogP contribution in [0.4, 0.5) is 0 Å². The van der Waals surface area contributed by atoms with E-state index in [1.54, 1.807) is 0 Å². The van der Waals surface area contributed by atoms with E-state index in [9.17, 15) is 4.79 Å². The summed E-state index contributed by atoms with van der Waals surface area (Å²) in [5, 5.41) is 3.50. The monoisotopic (exact) mass is 320 g/mol. The van der Waals surface area contributed by atoms with Crippen molar-refractivity contribution >= 4 is 28.8 Å². The van der Waals surface area contributed by atoms with Crippen molar-refractivity contribution < 1.29 is 9.21 Å². The number of rotatable bonds is 10. The van der Waals surface area contributed by atoms with Gasteiger partial charge in [-0.15, -0.1) is 0 Å². The van der Waals surface area contributed by atoms with Crippen molar-refractivity contribution in [3.63, 3.8) is 0 Å². The number of aromatic nitrogens is 1. The van der Waals surface area contributed by atoms with Gasteiger partial charge in [-0.25, -0.2) is 4.98 Å². The summed E-state index contributed by atoms with van der Waals surface area (Å²) < 4.78 is 5.57. The van der Waals surface area contributed by atoms with Crippen LogP contribution in [0.25, 0.3) is 11.1 Å². The molecule has 120 valence electrons. The Balaban J connectivity index is 1.59. The first kappa shape index (κ1) is 16.9. The molecule has 5 heteroatoms. The lowest BCUT2D eigenvalue weighted by Crippen LogP contribution is -2.26. The number of carbonyl (C=O) groups is 1. The van der Waals surface area contributed by atoms with Crippen LogP contribution in [0, 0.1) is 0 Å². The summed E-state index contributed by atoms with van der Waals surface area (Å²) in [5.74, 6) is 0.392. The van der Waals surface area contributed by atoms with E-state index < -0.39 is 0 Å². The molecule has 0 atom stereocenters. The zero-order valence-corrected chi connectivity index (χ0v) is 14.0. The number of carbonyl (C=O) groups excluding carboxylic acids is 1. The number of oxazole rings is 1. The van der Waals surface area contributed by atoms with E-state index in [-0.39, 0.29) is 5.91 Å². The lowest BCUT2D eigenvalue weighted by atomic mass is 10.1. The third-order valence-electron chi connectivity index (χ3n) is 3.45. The predicted octanol–water partition coefficient (Wildman–Crippen LogP) is 4.40. The highest BCUT2D eigenvalue weighted by Gasteiger charge is 2.08. The van der Waals surface area contributed by atoms with Crippen molar-refractivity contribution in [3.05, 3.63) is 24.3 Å². The van der Waals surface area contributed by atoms with Crippen LogP contribution in [0.15, 0.2) is 33.9 Å². The van der Waals surface area contributed by atoms with Gasteiger partial charge in [-0.05, 0) is 18.6 Å². The van der Waals surface area contributed by atoms with E-state index in [2.05, 4.69) is 17.2 Å². The standard InChI is InChI=1S/C17H24N2O2S/c1-2-3-4-5-6-9-12-18-16(20)13-22-17-19-14-10-7-8-11-15(14)21-17/h7-8,10-11H,2-6,9,12-13H2,1H3,(H,18,20). The van der Waals surface area contributed by atoms with Crippen molar-refractivity contribution in [1.29, 1.82) is 0 Å². The largest absolute Gasteiger partial charge is 0.431 e. The number of unbranched alkanes of at least 4 members (excludes halogenated alkanes) is 5. The highest BCUT2D eigenvalue weighted by molar-refractivity contribution is 7.99. The molecule has 1 amide bonds. The van der Waals surface area contributed by atoms with Crippen LogP contribution < -0.4 is 5.32 Å². The smallest absolute Gasteiger partial charge is 0.257 e. The molecule has 1 heterocycles. The molecule has 0 unspecified atom stereocenters. The van der Waals surface area contributed by atoms with E-state index >= 15 is 0 Å². The Morgan fingerprint density at radius 2 is 1.95 bits per heavy atom. The van der Waals surface area contributed by atoms with Crippen molar-refractivity contribution in [2.24, 2.45) is 0 Å². The lowest BCUT2D eigenvalue weighted by Gasteiger charge is -2.04. The van der Waals surface area contributed by atoms with Gasteiger partial charge < -0.3 is 9.73 Å². The number of hydrogen-bond donors (Lipinski definition) is 1. The molecule has 0 fully saturated rings. The molecule has 0 spiro atoms. The SMILES string of the molecule is CCCCCCCCNC(=O)CSc1nc2ccccc2o1. The Kier molecular flexibility index (Phi) is 7.30. The highest BCUT2D eigenvalue weighted by atomic mass is 32.2. The summed E-state index contributed by atoms with van der Waals surface area (Å²) in [6.45, 7) is 2.98. The molecule has 22 heavy (non-hydrogen) atoms. The Morgan fingerprint density at radius 1 is 1.18 bits per heavy atom. The van der Waals surface area contributed by atoms with Gasteiger partial charge >= 0.3 is 0 Å². The molecule has 1 N–H and O–H groups in total. The Morgan fingerprint density at radius 3 is 2.77 bits per heavy atom. The molecule has 0 saturated carbocycles. The van der Waals surface area contributed by atoms with Gasteiger partial charge in [-0.3, -0.25) is 4.79 Å². The van der Waals surface area contributed by atoms with Gasteiger partial charge in [-0.1, -0.05) is 62.9 Å². The van der Waals surface area contributed by atoms with Crippen molar-refractivity contribution in [2.75, 3.05) is 12.3 Å². The molecule has 0 aliphatic rings. The van der Waals surface area contributed by atoms with Gasteiger partial charge in [0, 0.05) is 6.54 Å². The third kappa shape index (κ3) is 5.72. The van der Waals surface area contributed by atoms with Crippen LogP contribution in [0.1, 0.15) is 45.4 Å². The maximum atomic E-state index is 11.8. The molecule has 0 aliphatic heterocycles. The molecule has 0 bridgehead atoms. The molecule has 1 aromatic heterocycles. The number of thioether (sulfide) groups is 1. The molecule has 4 nitrogen and oxygen atoms in total. The second-order valence-corrected chi connectivity index (χ2v) is 6.28. The summed E-state index contributed by atoms with van der Waals surface area (Å²) in [6.07, 6.45) is 7.40. The fraction of sp³-hybridized carbons (Fsp3) is 0.529. The van der Waals surface area contributed by atoms with Gasteiger partial charge in [-0.2, -0.15) is 0 Å². The highest BCUT2D eigenvalue weighted by Crippen LogP contribution is 2.22. The van der Waals surface area contributed by atoms with Crippen molar-refractivity contribution in [3.8, 4) is 0 Å². The van der Waals surface area contributed by atoms with Crippen molar-refractivity contribution in [1.82, 2.24) is 10.3 Å². The molecule has 1 aromatic carbocycles. The van der Waals surface area contributed by atoms with Crippen LogP contribution in [0.5, 0.6) is 0 Å². The topological polar surface area (TPSA) is 55.1 Å². The van der Waals surface area contributed by atoms with E-state index in [4.69, 9.17) is 4.42 Å². The number of fused-ring (bicyclic) bond motifs is 1. The van der Waals surface area contributed by atoms with Gasteiger partial charge in [0.15, 0.2) is 5.58 Å². The molecule has 2 rings (SSSR count). The molecular weight excluding hydrogens is 296 g/mol. The minimum Gasteiger partial charge on any atom is -0.431 e. The second-order valence-electron chi connectivity index (χ2n) is 5.35. The van der Waals surface area contributed by atoms with E-state index in [1.807, 2.05) is 24.3 Å². The summed E-state index contributed by atoms with van der Waals surface area (Å²) in [6, 6.07) is 7.62. The zero-order chi connectivity index (χ0) is 15.6. The number of amides is 1. The number of benzene rings is 1. The predicted molar refractivity (Wildman–Crippen MR) is 91.1 cm³/mol. The molecular formula is C17H24N2O2S. The van der Waals surface area contributed by atoms with Crippen LogP contribution in [0.3, 0.4) is 0 Å². The number of nitrogens with zero attached hydrogens (tertiary/aromatic N) is 1. The maximum absolute atomic E-state index is 11.8. The van der Waals surface area contributed by atoms with Gasteiger partial charge in [0.05, 0.1) is 5.75 Å². The van der Waals surface area contributed by atoms with Crippen LogP contribution in [0.2, 0.25) is 0 Å². The molecule has 0 saturated heterocycles. The van der Waals surface area contributed by atoms with Crippen LogP contribution in [-0.4, -0.2) is 23.2 Å². The molecule has 0 aliphatic carbocycles. The summed E-state index contributed by atoms with van der Waals surface area (Å²) in [5.41, 5.74) is 1.59. The number of nitrogens with one attached hydrogen (secondary N) is 1. The van der Waals surface area contributed by atoms with E-state index in [1.165, 1.54) is 43.9 Å². The first-order valence-electron chi connectivity index (χ1n) is 8.04. The maximum Gasteiger partial charge on any atom is 0.257 e. The average Bonchev–Trinajstić information content (AvgIpc) is 2.95. The number of para-hydroxylation sites is 2. The quantitative estimate of drug-likeness (QED) is 0.521. The Labute approximate surface area is 136 Å². The fourth-order valence-corrected chi connectivity index (χ4v) is 2.89. The van der Waals surface area contributed by atoms with E-state index in [0.717, 1.165) is 24.1 Å². The lowest BCUT2D eigenvalue weighted by molar-refractivity contribution is -0.118. The van der Waals surface area contributed by atoms with Gasteiger partial charge in [0.25, 0.3) is 5.22 Å². The van der Waals surface area contributed by atoms with Crippen molar-refractivity contribution in [2.45, 2.75) is 50.7 Å². The Hall–Kier alpha value is -1.49.